The summed E-state index contributed by atoms with van der Waals surface area (Å²) in [7, 11) is 0. The predicted molar refractivity (Wildman–Crippen MR) is 92.9 cm³/mol. The molecule has 1 aromatic carbocycles. The van der Waals surface area contributed by atoms with Gasteiger partial charge in [0.2, 0.25) is 0 Å². The molecule has 2 N–H and O–H groups in total. The Kier molecular flexibility index (Phi) is 3.94. The summed E-state index contributed by atoms with van der Waals surface area (Å²) >= 11 is 0. The van der Waals surface area contributed by atoms with E-state index in [-0.39, 0.29) is 18.0 Å². The summed E-state index contributed by atoms with van der Waals surface area (Å²) in [5.74, 6) is -0.0255. The van der Waals surface area contributed by atoms with Crippen LogP contribution in [0.4, 0.5) is 10.5 Å². The maximum absolute atomic E-state index is 13.0. The maximum Gasteiger partial charge on any atom is 0.318 e. The summed E-state index contributed by atoms with van der Waals surface area (Å²) in [6, 6.07) is 8.13. The lowest BCUT2D eigenvalue weighted by Gasteiger charge is -2.48. The lowest BCUT2D eigenvalue weighted by Crippen LogP contribution is -2.66. The zero-order valence-electron chi connectivity index (χ0n) is 14.0. The van der Waals surface area contributed by atoms with E-state index in [1.54, 1.807) is 0 Å². The third kappa shape index (κ3) is 2.56. The molecule has 0 aromatic heterocycles. The van der Waals surface area contributed by atoms with Crippen molar-refractivity contribution in [3.63, 3.8) is 0 Å². The van der Waals surface area contributed by atoms with Gasteiger partial charge < -0.3 is 15.5 Å². The van der Waals surface area contributed by atoms with Crippen molar-refractivity contribution in [1.29, 1.82) is 0 Å². The van der Waals surface area contributed by atoms with Crippen LogP contribution in [0.3, 0.4) is 0 Å². The first kappa shape index (κ1) is 15.5. The van der Waals surface area contributed by atoms with Crippen molar-refractivity contribution in [1.82, 2.24) is 10.2 Å². The number of amides is 3. The van der Waals surface area contributed by atoms with E-state index in [0.29, 0.717) is 13.0 Å². The molecule has 1 spiro atoms. The molecule has 128 valence electrons. The number of piperidine rings is 1. The van der Waals surface area contributed by atoms with Crippen LogP contribution < -0.4 is 10.6 Å². The second-order valence-electron chi connectivity index (χ2n) is 7.36. The Balaban J connectivity index is 1.61. The van der Waals surface area contributed by atoms with E-state index < -0.39 is 5.54 Å². The number of hydrogen-bond acceptors (Lipinski definition) is 2. The summed E-state index contributed by atoms with van der Waals surface area (Å²) in [6.07, 6.45) is 7.80. The predicted octanol–water partition coefficient (Wildman–Crippen LogP) is 3.06. The minimum Gasteiger partial charge on any atom is -0.335 e. The van der Waals surface area contributed by atoms with Crippen LogP contribution in [-0.4, -0.2) is 35.0 Å². The second kappa shape index (κ2) is 6.11. The van der Waals surface area contributed by atoms with Gasteiger partial charge in [0.15, 0.2) is 0 Å². The first-order valence-corrected chi connectivity index (χ1v) is 9.16. The lowest BCUT2D eigenvalue weighted by atomic mass is 9.78. The molecule has 1 saturated heterocycles. The van der Waals surface area contributed by atoms with Crippen LogP contribution in [-0.2, 0) is 11.2 Å². The Hall–Kier alpha value is -2.04. The number of nitrogens with zero attached hydrogens (tertiary/aromatic N) is 1. The first-order valence-electron chi connectivity index (χ1n) is 9.16. The molecule has 2 fully saturated rings. The highest BCUT2D eigenvalue weighted by molar-refractivity contribution is 6.03. The highest BCUT2D eigenvalue weighted by atomic mass is 16.2. The molecular weight excluding hydrogens is 302 g/mol. The van der Waals surface area contributed by atoms with Crippen molar-refractivity contribution in [2.45, 2.75) is 62.9 Å². The number of urea groups is 1. The Bertz CT molecular complexity index is 654. The number of hydrogen-bond donors (Lipinski definition) is 2. The minimum absolute atomic E-state index is 0.0255. The van der Waals surface area contributed by atoms with E-state index in [1.807, 2.05) is 23.1 Å². The lowest BCUT2D eigenvalue weighted by molar-refractivity contribution is -0.128. The summed E-state index contributed by atoms with van der Waals surface area (Å²) in [6.45, 7) is 0.661. The summed E-state index contributed by atoms with van der Waals surface area (Å²) in [5, 5.41) is 6.21. The van der Waals surface area contributed by atoms with Gasteiger partial charge in [0.25, 0.3) is 5.91 Å². The van der Waals surface area contributed by atoms with Crippen molar-refractivity contribution in [2.75, 3.05) is 11.9 Å². The number of anilines is 1. The molecule has 1 unspecified atom stereocenters. The smallest absolute Gasteiger partial charge is 0.318 e. The number of carbonyl (C=O) groups is 2. The molecule has 1 atom stereocenters. The van der Waals surface area contributed by atoms with Gasteiger partial charge in [0.05, 0.1) is 0 Å². The van der Waals surface area contributed by atoms with Crippen molar-refractivity contribution in [3.05, 3.63) is 29.8 Å². The molecule has 24 heavy (non-hydrogen) atoms. The zero-order valence-corrected chi connectivity index (χ0v) is 14.0. The van der Waals surface area contributed by atoms with Crippen LogP contribution in [0.2, 0.25) is 0 Å². The van der Waals surface area contributed by atoms with Gasteiger partial charge in [-0.15, -0.1) is 0 Å². The van der Waals surface area contributed by atoms with Gasteiger partial charge in [0, 0.05) is 24.7 Å². The molecule has 5 nitrogen and oxygen atoms in total. The quantitative estimate of drug-likeness (QED) is 0.833. The number of benzene rings is 1. The van der Waals surface area contributed by atoms with Gasteiger partial charge >= 0.3 is 6.03 Å². The zero-order chi connectivity index (χ0) is 16.6. The van der Waals surface area contributed by atoms with E-state index in [0.717, 1.165) is 43.4 Å². The van der Waals surface area contributed by atoms with Crippen molar-refractivity contribution in [3.8, 4) is 0 Å². The highest BCUT2D eigenvalue weighted by Crippen LogP contribution is 2.38. The normalized spacial score (nSPS) is 27.0. The first-order chi connectivity index (χ1) is 11.7. The largest absolute Gasteiger partial charge is 0.335 e. The Morgan fingerprint density at radius 1 is 1.17 bits per heavy atom. The van der Waals surface area contributed by atoms with Crippen LogP contribution in [0.25, 0.3) is 0 Å². The van der Waals surface area contributed by atoms with Crippen LogP contribution in [0.15, 0.2) is 24.3 Å². The molecule has 1 aliphatic carbocycles. The van der Waals surface area contributed by atoms with Crippen molar-refractivity contribution >= 4 is 17.6 Å². The number of carbonyl (C=O) groups excluding carboxylic acids is 2. The number of fused-ring (bicyclic) bond motifs is 1. The minimum atomic E-state index is -0.727. The van der Waals surface area contributed by atoms with Gasteiger partial charge in [-0.05, 0) is 43.7 Å². The van der Waals surface area contributed by atoms with Gasteiger partial charge in [-0.2, -0.15) is 0 Å². The fraction of sp³-hybridized carbons (Fsp3) is 0.579. The Morgan fingerprint density at radius 3 is 2.79 bits per heavy atom. The number of rotatable bonds is 1. The average Bonchev–Trinajstić information content (AvgIpc) is 3.09. The van der Waals surface area contributed by atoms with E-state index in [4.69, 9.17) is 0 Å². The standard InChI is InChI=1S/C19H25N3O2/c23-17-19(13-14-7-1-4-10-16(14)21-17)11-5-6-12-22(19)18(24)20-15-8-2-3-9-15/h1,4,7,10,15H,2-3,5-6,8-9,11-13H2,(H,20,24)(H,21,23). The molecule has 2 heterocycles. The molecule has 1 aromatic rings. The Morgan fingerprint density at radius 2 is 1.96 bits per heavy atom. The third-order valence-electron chi connectivity index (χ3n) is 5.84. The average molecular weight is 327 g/mol. The number of nitrogens with one attached hydrogen (secondary N) is 2. The van der Waals surface area contributed by atoms with Gasteiger partial charge in [-0.1, -0.05) is 31.0 Å². The maximum atomic E-state index is 13.0. The summed E-state index contributed by atoms with van der Waals surface area (Å²) in [5.41, 5.74) is 1.28. The van der Waals surface area contributed by atoms with Crippen molar-refractivity contribution < 1.29 is 9.59 Å². The number of para-hydroxylation sites is 1. The molecule has 0 bridgehead atoms. The van der Waals surface area contributed by atoms with Crippen LogP contribution in [0, 0.1) is 0 Å². The highest BCUT2D eigenvalue weighted by Gasteiger charge is 2.50. The molecule has 2 aliphatic heterocycles. The Labute approximate surface area is 142 Å². The fourth-order valence-electron chi connectivity index (χ4n) is 4.51. The topological polar surface area (TPSA) is 61.4 Å². The van der Waals surface area contributed by atoms with E-state index in [9.17, 15) is 9.59 Å². The molecule has 1 saturated carbocycles. The fourth-order valence-corrected chi connectivity index (χ4v) is 4.51. The van der Waals surface area contributed by atoms with Gasteiger partial charge in [-0.3, -0.25) is 4.79 Å². The SMILES string of the molecule is O=C(NC1CCCC1)N1CCCCC12Cc1ccccc1NC2=O. The summed E-state index contributed by atoms with van der Waals surface area (Å²) in [4.78, 5) is 27.7. The number of likely N-dealkylation sites (tertiary alicyclic amines) is 1. The van der Waals surface area contributed by atoms with E-state index in [2.05, 4.69) is 16.7 Å². The van der Waals surface area contributed by atoms with Crippen molar-refractivity contribution in [2.24, 2.45) is 0 Å². The molecule has 0 radical (unpaired) electrons. The van der Waals surface area contributed by atoms with Crippen LogP contribution >= 0.6 is 0 Å². The van der Waals surface area contributed by atoms with E-state index in [1.165, 1.54) is 12.8 Å². The van der Waals surface area contributed by atoms with E-state index >= 15 is 0 Å². The monoisotopic (exact) mass is 327 g/mol. The molecule has 3 amide bonds. The second-order valence-corrected chi connectivity index (χ2v) is 7.36. The molecule has 4 rings (SSSR count). The van der Waals surface area contributed by atoms with Gasteiger partial charge in [0.1, 0.15) is 5.54 Å². The summed E-state index contributed by atoms with van der Waals surface area (Å²) < 4.78 is 0. The van der Waals surface area contributed by atoms with Gasteiger partial charge in [-0.25, -0.2) is 4.79 Å². The van der Waals surface area contributed by atoms with Crippen LogP contribution in [0.5, 0.6) is 0 Å². The molecule has 3 aliphatic rings. The van der Waals surface area contributed by atoms with Crippen LogP contribution in [0.1, 0.15) is 50.5 Å². The third-order valence-corrected chi connectivity index (χ3v) is 5.84. The molecule has 5 heteroatoms. The molecular formula is C19H25N3O2.